The molecule has 0 saturated heterocycles. The Labute approximate surface area is 121 Å². The number of hydrogen-bond donors (Lipinski definition) is 0. The normalized spacial score (nSPS) is 10.2. The molecule has 88 valence electrons. The van der Waals surface area contributed by atoms with Crippen molar-refractivity contribution in [1.29, 1.82) is 0 Å². The second-order valence-electron chi connectivity index (χ2n) is 2.97. The lowest BCUT2D eigenvalue weighted by Crippen LogP contribution is -2.08. The molecule has 0 aliphatic carbocycles. The number of benzene rings is 1. The summed E-state index contributed by atoms with van der Waals surface area (Å²) < 4.78 is 6.58. The van der Waals surface area contributed by atoms with Crippen LogP contribution in [0.4, 0.5) is 0 Å². The molecule has 2 nitrogen and oxygen atoms in total. The van der Waals surface area contributed by atoms with Gasteiger partial charge in [-0.1, -0.05) is 27.5 Å². The minimum Gasteiger partial charge on any atom is -0.424 e. The number of rotatable bonds is 4. The first-order chi connectivity index (χ1) is 7.54. The fourth-order valence-corrected chi connectivity index (χ4v) is 2.95. The lowest BCUT2D eigenvalue weighted by Gasteiger charge is -2.08. The summed E-state index contributed by atoms with van der Waals surface area (Å²) >= 11 is 18.0. The molecule has 1 aromatic rings. The maximum Gasteiger partial charge on any atom is 0.311 e. The summed E-state index contributed by atoms with van der Waals surface area (Å²) in [5.74, 6) is 0.430. The number of alkyl halides is 1. The zero-order valence-electron chi connectivity index (χ0n) is 8.10. The zero-order chi connectivity index (χ0) is 12.1. The SMILES string of the molecule is O=C(CCCCl)Oc1c(Cl)cc(Br)cc1Br. The molecule has 0 bridgehead atoms. The molecule has 0 atom stereocenters. The van der Waals surface area contributed by atoms with Gasteiger partial charge in [0.1, 0.15) is 0 Å². The molecular weight excluding hydrogens is 383 g/mol. The van der Waals surface area contributed by atoms with E-state index in [0.717, 1.165) is 4.47 Å². The summed E-state index contributed by atoms with van der Waals surface area (Å²) in [5, 5.41) is 0.375. The summed E-state index contributed by atoms with van der Waals surface area (Å²) in [6.07, 6.45) is 0.870. The molecule has 6 heteroatoms. The monoisotopic (exact) mass is 388 g/mol. The molecule has 0 unspecified atom stereocenters. The van der Waals surface area contributed by atoms with Crippen molar-refractivity contribution in [2.45, 2.75) is 12.8 Å². The van der Waals surface area contributed by atoms with Gasteiger partial charge < -0.3 is 4.74 Å². The number of carbonyl (C=O) groups excluding carboxylic acids is 1. The van der Waals surface area contributed by atoms with Crippen LogP contribution in [0.5, 0.6) is 5.75 Å². The van der Waals surface area contributed by atoms with E-state index in [0.29, 0.717) is 27.5 Å². The van der Waals surface area contributed by atoms with Crippen molar-refractivity contribution in [3.05, 3.63) is 26.1 Å². The maximum absolute atomic E-state index is 11.4. The Morgan fingerprint density at radius 2 is 2.06 bits per heavy atom. The Bertz CT molecular complexity index is 373. The molecule has 0 N–H and O–H groups in total. The molecule has 0 fully saturated rings. The highest BCUT2D eigenvalue weighted by Gasteiger charge is 2.12. The second-order valence-corrected chi connectivity index (χ2v) is 5.52. The van der Waals surface area contributed by atoms with Crippen LogP contribution >= 0.6 is 55.1 Å². The third-order valence-electron chi connectivity index (χ3n) is 1.69. The molecule has 0 saturated carbocycles. The van der Waals surface area contributed by atoms with E-state index in [1.165, 1.54) is 0 Å². The van der Waals surface area contributed by atoms with Crippen molar-refractivity contribution in [3.63, 3.8) is 0 Å². The van der Waals surface area contributed by atoms with Gasteiger partial charge in [-0.2, -0.15) is 0 Å². The van der Waals surface area contributed by atoms with E-state index in [2.05, 4.69) is 31.9 Å². The third kappa shape index (κ3) is 4.24. The van der Waals surface area contributed by atoms with Crippen molar-refractivity contribution in [2.24, 2.45) is 0 Å². The van der Waals surface area contributed by atoms with E-state index in [-0.39, 0.29) is 12.4 Å². The minimum absolute atomic E-state index is 0.280. The molecule has 0 aromatic heterocycles. The maximum atomic E-state index is 11.4. The van der Waals surface area contributed by atoms with Crippen molar-refractivity contribution >= 4 is 61.0 Å². The number of ether oxygens (including phenoxy) is 1. The minimum atomic E-state index is -0.342. The lowest BCUT2D eigenvalue weighted by molar-refractivity contribution is -0.134. The summed E-state index contributed by atoms with van der Waals surface area (Å²) in [4.78, 5) is 11.4. The Morgan fingerprint density at radius 1 is 1.38 bits per heavy atom. The second kappa shape index (κ2) is 6.84. The van der Waals surface area contributed by atoms with Crippen molar-refractivity contribution in [1.82, 2.24) is 0 Å². The van der Waals surface area contributed by atoms with Gasteiger partial charge in [0.05, 0.1) is 9.50 Å². The van der Waals surface area contributed by atoms with Crippen molar-refractivity contribution in [2.75, 3.05) is 5.88 Å². The van der Waals surface area contributed by atoms with Crippen LogP contribution in [0.2, 0.25) is 5.02 Å². The van der Waals surface area contributed by atoms with Crippen LogP contribution in [-0.4, -0.2) is 11.8 Å². The van der Waals surface area contributed by atoms with E-state index < -0.39 is 0 Å². The van der Waals surface area contributed by atoms with E-state index in [4.69, 9.17) is 27.9 Å². The van der Waals surface area contributed by atoms with Gasteiger partial charge in [-0.05, 0) is 34.5 Å². The molecule has 1 aromatic carbocycles. The van der Waals surface area contributed by atoms with Crippen LogP contribution in [0.1, 0.15) is 12.8 Å². The standard InChI is InChI=1S/C10H8Br2Cl2O2/c11-6-4-7(12)10(8(14)5-6)16-9(15)2-1-3-13/h4-5H,1-3H2. The Morgan fingerprint density at radius 3 is 2.62 bits per heavy atom. The molecule has 0 aliphatic rings. The number of esters is 1. The molecule has 1 rings (SSSR count). The predicted octanol–water partition coefficient (Wildman–Crippen LogP) is 4.79. The summed E-state index contributed by atoms with van der Waals surface area (Å²) in [5.41, 5.74) is 0. The lowest BCUT2D eigenvalue weighted by atomic mass is 10.3. The number of carbonyl (C=O) groups is 1. The van der Waals surface area contributed by atoms with Gasteiger partial charge in [0.15, 0.2) is 5.75 Å². The Hall–Kier alpha value is 0.230. The van der Waals surface area contributed by atoms with E-state index in [1.54, 1.807) is 12.1 Å². The average molecular weight is 391 g/mol. The number of halogens is 4. The van der Waals surface area contributed by atoms with E-state index in [9.17, 15) is 4.79 Å². The number of hydrogen-bond acceptors (Lipinski definition) is 2. The molecule has 0 spiro atoms. The van der Waals surface area contributed by atoms with Crippen LogP contribution < -0.4 is 4.74 Å². The average Bonchev–Trinajstić information content (AvgIpc) is 2.20. The predicted molar refractivity (Wildman–Crippen MR) is 72.4 cm³/mol. The van der Waals surface area contributed by atoms with Crippen LogP contribution in [0.3, 0.4) is 0 Å². The molecule has 0 heterocycles. The molecule has 16 heavy (non-hydrogen) atoms. The Kier molecular flexibility index (Phi) is 6.11. The first-order valence-corrected chi connectivity index (χ1v) is 6.95. The van der Waals surface area contributed by atoms with Gasteiger partial charge in [0.25, 0.3) is 0 Å². The fourth-order valence-electron chi connectivity index (χ4n) is 1.00. The van der Waals surface area contributed by atoms with Gasteiger partial charge in [0, 0.05) is 16.8 Å². The van der Waals surface area contributed by atoms with Crippen molar-refractivity contribution in [3.8, 4) is 5.75 Å². The van der Waals surface area contributed by atoms with Gasteiger partial charge >= 0.3 is 5.97 Å². The first kappa shape index (κ1) is 14.3. The highest BCUT2D eigenvalue weighted by molar-refractivity contribution is 9.11. The van der Waals surface area contributed by atoms with Crippen LogP contribution in [-0.2, 0) is 4.79 Å². The topological polar surface area (TPSA) is 26.3 Å². The first-order valence-electron chi connectivity index (χ1n) is 4.45. The summed E-state index contributed by atoms with van der Waals surface area (Å²) in [6, 6.07) is 3.42. The largest absolute Gasteiger partial charge is 0.424 e. The van der Waals surface area contributed by atoms with Crippen molar-refractivity contribution < 1.29 is 9.53 Å². The third-order valence-corrected chi connectivity index (χ3v) is 3.29. The highest BCUT2D eigenvalue weighted by atomic mass is 79.9. The van der Waals surface area contributed by atoms with Gasteiger partial charge in [-0.3, -0.25) is 4.79 Å². The smallest absolute Gasteiger partial charge is 0.311 e. The molecule has 0 aliphatic heterocycles. The van der Waals surface area contributed by atoms with Gasteiger partial charge in [-0.25, -0.2) is 0 Å². The fraction of sp³-hybridized carbons (Fsp3) is 0.300. The summed E-state index contributed by atoms with van der Waals surface area (Å²) in [6.45, 7) is 0. The van der Waals surface area contributed by atoms with E-state index in [1.807, 2.05) is 0 Å². The molecule has 0 amide bonds. The van der Waals surface area contributed by atoms with Gasteiger partial charge in [-0.15, -0.1) is 11.6 Å². The van der Waals surface area contributed by atoms with Crippen LogP contribution in [0, 0.1) is 0 Å². The van der Waals surface area contributed by atoms with Crippen LogP contribution in [0.15, 0.2) is 21.1 Å². The molecular formula is C10H8Br2Cl2O2. The highest BCUT2D eigenvalue weighted by Crippen LogP contribution is 2.36. The summed E-state index contributed by atoms with van der Waals surface area (Å²) in [7, 11) is 0. The Balaban J connectivity index is 2.77. The quantitative estimate of drug-likeness (QED) is 0.420. The zero-order valence-corrected chi connectivity index (χ0v) is 12.8. The van der Waals surface area contributed by atoms with Gasteiger partial charge in [0.2, 0.25) is 0 Å². The molecule has 0 radical (unpaired) electrons. The van der Waals surface area contributed by atoms with E-state index >= 15 is 0 Å². The van der Waals surface area contributed by atoms with Crippen LogP contribution in [0.25, 0.3) is 0 Å².